The van der Waals surface area contributed by atoms with E-state index >= 15 is 0 Å². The second-order valence-corrected chi connectivity index (χ2v) is 9.86. The molecule has 0 aliphatic carbocycles. The number of hydrogen-bond donors (Lipinski definition) is 3. The molecular formula is C27H41N7O4. The van der Waals surface area contributed by atoms with Crippen LogP contribution in [0.4, 0.5) is 11.8 Å². The molecule has 0 amide bonds. The minimum Gasteiger partial charge on any atom is -0.496 e. The van der Waals surface area contributed by atoms with Crippen molar-refractivity contribution in [3.8, 4) is 5.75 Å². The molecule has 1 saturated heterocycles. The van der Waals surface area contributed by atoms with Crippen molar-refractivity contribution in [2.75, 3.05) is 64.4 Å². The van der Waals surface area contributed by atoms with E-state index in [-0.39, 0.29) is 18.1 Å². The second kappa shape index (κ2) is 13.2. The fourth-order valence-corrected chi connectivity index (χ4v) is 4.96. The van der Waals surface area contributed by atoms with Crippen LogP contribution in [0, 0.1) is 0 Å². The Morgan fingerprint density at radius 2 is 2.03 bits per heavy atom. The van der Waals surface area contributed by atoms with Crippen LogP contribution in [0.25, 0.3) is 11.0 Å². The molecule has 11 nitrogen and oxygen atoms in total. The maximum Gasteiger partial charge on any atom is 0.222 e. The molecule has 1 aromatic carbocycles. The highest BCUT2D eigenvalue weighted by molar-refractivity contribution is 5.86. The zero-order chi connectivity index (χ0) is 27.0. The molecule has 2 aromatic heterocycles. The van der Waals surface area contributed by atoms with Gasteiger partial charge in [-0.2, -0.15) is 10.1 Å². The molecular weight excluding hydrogens is 486 g/mol. The number of benzene rings is 1. The van der Waals surface area contributed by atoms with Crippen LogP contribution >= 0.6 is 0 Å². The third-order valence-electron chi connectivity index (χ3n) is 7.08. The van der Waals surface area contributed by atoms with Gasteiger partial charge in [0.05, 0.1) is 33.1 Å². The molecule has 3 heterocycles. The maximum atomic E-state index is 9.60. The highest BCUT2D eigenvalue weighted by Crippen LogP contribution is 2.27. The summed E-state index contributed by atoms with van der Waals surface area (Å²) in [5, 5.41) is 18.1. The summed E-state index contributed by atoms with van der Waals surface area (Å²) in [6.07, 6.45) is 5.74. The molecule has 4 N–H and O–H groups in total. The number of nitrogens with one attached hydrogen (secondary N) is 1. The van der Waals surface area contributed by atoms with E-state index in [4.69, 9.17) is 25.0 Å². The van der Waals surface area contributed by atoms with Crippen molar-refractivity contribution >= 4 is 22.8 Å². The van der Waals surface area contributed by atoms with Gasteiger partial charge < -0.3 is 35.3 Å². The van der Waals surface area contributed by atoms with E-state index in [1.54, 1.807) is 14.2 Å². The van der Waals surface area contributed by atoms with Gasteiger partial charge in [-0.1, -0.05) is 25.5 Å². The number of nitrogen functional groups attached to an aromatic ring is 1. The van der Waals surface area contributed by atoms with Gasteiger partial charge >= 0.3 is 0 Å². The molecule has 0 bridgehead atoms. The van der Waals surface area contributed by atoms with Crippen molar-refractivity contribution in [2.24, 2.45) is 0 Å². The summed E-state index contributed by atoms with van der Waals surface area (Å²) in [5.74, 6) is 1.64. The first-order chi connectivity index (χ1) is 18.5. The van der Waals surface area contributed by atoms with Gasteiger partial charge in [0.25, 0.3) is 0 Å². The van der Waals surface area contributed by atoms with Gasteiger partial charge in [0.1, 0.15) is 11.3 Å². The number of methoxy groups -OCH3 is 2. The van der Waals surface area contributed by atoms with Gasteiger partial charge in [0.2, 0.25) is 5.95 Å². The number of aliphatic hydroxyl groups is 1. The lowest BCUT2D eigenvalue weighted by atomic mass is 9.90. The maximum absolute atomic E-state index is 9.60. The predicted molar refractivity (Wildman–Crippen MR) is 148 cm³/mol. The van der Waals surface area contributed by atoms with Crippen LogP contribution in [0.1, 0.15) is 43.7 Å². The lowest BCUT2D eigenvalue weighted by molar-refractivity contribution is -0.000230. The van der Waals surface area contributed by atoms with Crippen LogP contribution < -0.4 is 20.7 Å². The SMILES string of the molecule is CCCCN(CCO)c1nc(N)nc2cn(Cc3ccc(CNC4(COC)CCOCC4)cc3OC)nc12. The van der Waals surface area contributed by atoms with Gasteiger partial charge in [0, 0.05) is 51.1 Å². The van der Waals surface area contributed by atoms with Crippen molar-refractivity contribution < 1.29 is 19.3 Å². The third kappa shape index (κ3) is 6.71. The predicted octanol–water partition coefficient (Wildman–Crippen LogP) is 2.35. The van der Waals surface area contributed by atoms with E-state index in [9.17, 15) is 5.11 Å². The van der Waals surface area contributed by atoms with Gasteiger partial charge in [-0.05, 0) is 30.9 Å². The molecule has 1 aliphatic rings. The number of anilines is 2. The topological polar surface area (TPSA) is 133 Å². The number of aromatic nitrogens is 4. The Labute approximate surface area is 224 Å². The summed E-state index contributed by atoms with van der Waals surface area (Å²) in [6.45, 7) is 6.73. The van der Waals surface area contributed by atoms with Crippen LogP contribution in [0.3, 0.4) is 0 Å². The molecule has 11 heteroatoms. The monoisotopic (exact) mass is 527 g/mol. The largest absolute Gasteiger partial charge is 0.496 e. The average Bonchev–Trinajstić information content (AvgIpc) is 3.33. The van der Waals surface area contributed by atoms with Crippen LogP contribution in [0.15, 0.2) is 24.4 Å². The summed E-state index contributed by atoms with van der Waals surface area (Å²) >= 11 is 0. The molecule has 0 unspecified atom stereocenters. The first kappa shape index (κ1) is 28.0. The Hall–Kier alpha value is -2.99. The zero-order valence-corrected chi connectivity index (χ0v) is 22.8. The number of hydrogen-bond acceptors (Lipinski definition) is 10. The van der Waals surface area contributed by atoms with Crippen molar-refractivity contribution in [3.63, 3.8) is 0 Å². The summed E-state index contributed by atoms with van der Waals surface area (Å²) in [6, 6.07) is 6.27. The van der Waals surface area contributed by atoms with E-state index in [0.29, 0.717) is 43.1 Å². The molecule has 4 rings (SSSR count). The molecule has 208 valence electrons. The molecule has 38 heavy (non-hydrogen) atoms. The van der Waals surface area contributed by atoms with Crippen molar-refractivity contribution in [3.05, 3.63) is 35.5 Å². The van der Waals surface area contributed by atoms with Crippen molar-refractivity contribution in [1.29, 1.82) is 0 Å². The van der Waals surface area contributed by atoms with Gasteiger partial charge in [0.15, 0.2) is 11.3 Å². The van der Waals surface area contributed by atoms with Gasteiger partial charge in [-0.3, -0.25) is 4.68 Å². The first-order valence-electron chi connectivity index (χ1n) is 13.3. The summed E-state index contributed by atoms with van der Waals surface area (Å²) in [7, 11) is 3.43. The zero-order valence-electron chi connectivity index (χ0n) is 22.8. The number of unbranched alkanes of at least 4 members (excludes halogenated alkanes) is 1. The number of rotatable bonds is 14. The van der Waals surface area contributed by atoms with Crippen molar-refractivity contribution in [2.45, 2.75) is 51.2 Å². The lowest BCUT2D eigenvalue weighted by Gasteiger charge is -2.37. The van der Waals surface area contributed by atoms with Crippen LogP contribution in [0.2, 0.25) is 0 Å². The Morgan fingerprint density at radius 1 is 1.21 bits per heavy atom. The Morgan fingerprint density at radius 3 is 2.74 bits per heavy atom. The summed E-state index contributed by atoms with van der Waals surface area (Å²) < 4.78 is 18.7. The number of fused-ring (bicyclic) bond motifs is 1. The third-order valence-corrected chi connectivity index (χ3v) is 7.08. The highest BCUT2D eigenvalue weighted by atomic mass is 16.5. The standard InChI is InChI=1S/C27H41N7O4/c1-4-5-10-33(11-12-35)25-24-22(30-26(28)31-25)18-34(32-24)17-21-7-6-20(15-23(21)37-3)16-29-27(19-36-2)8-13-38-14-9-27/h6-7,15,18,29,35H,4-5,8-14,16-17,19H2,1-3H3,(H2,28,30). The van der Waals surface area contributed by atoms with E-state index < -0.39 is 0 Å². The van der Waals surface area contributed by atoms with E-state index in [1.807, 2.05) is 15.8 Å². The first-order valence-corrected chi connectivity index (χ1v) is 13.3. The Bertz CT molecular complexity index is 1170. The highest BCUT2D eigenvalue weighted by Gasteiger charge is 2.32. The molecule has 0 spiro atoms. The minimum absolute atomic E-state index is 0.0224. The number of aliphatic hydroxyl groups excluding tert-OH is 1. The van der Waals surface area contributed by atoms with Crippen LogP contribution in [-0.4, -0.2) is 84.1 Å². The summed E-state index contributed by atoms with van der Waals surface area (Å²) in [5.41, 5.74) is 9.44. The van der Waals surface area contributed by atoms with E-state index in [2.05, 4.69) is 40.4 Å². The fraction of sp³-hybridized carbons (Fsp3) is 0.593. The van der Waals surface area contributed by atoms with Crippen LogP contribution in [-0.2, 0) is 22.6 Å². The lowest BCUT2D eigenvalue weighted by Crippen LogP contribution is -2.52. The molecule has 0 saturated carbocycles. The fourth-order valence-electron chi connectivity index (χ4n) is 4.96. The normalized spacial score (nSPS) is 15.2. The quantitative estimate of drug-likeness (QED) is 0.287. The summed E-state index contributed by atoms with van der Waals surface area (Å²) in [4.78, 5) is 10.9. The Kier molecular flexibility index (Phi) is 9.73. The number of ether oxygens (including phenoxy) is 3. The molecule has 0 atom stereocenters. The van der Waals surface area contributed by atoms with Crippen LogP contribution in [0.5, 0.6) is 5.75 Å². The van der Waals surface area contributed by atoms with Crippen molar-refractivity contribution in [1.82, 2.24) is 25.1 Å². The second-order valence-electron chi connectivity index (χ2n) is 9.86. The molecule has 0 radical (unpaired) electrons. The average molecular weight is 528 g/mol. The van der Waals surface area contributed by atoms with Gasteiger partial charge in [-0.25, -0.2) is 4.98 Å². The molecule has 3 aromatic rings. The van der Waals surface area contributed by atoms with Gasteiger partial charge in [-0.15, -0.1) is 0 Å². The number of nitrogens with zero attached hydrogens (tertiary/aromatic N) is 5. The molecule has 1 fully saturated rings. The minimum atomic E-state index is -0.0737. The number of nitrogens with two attached hydrogens (primary N) is 1. The van der Waals surface area contributed by atoms with E-state index in [1.165, 1.54) is 0 Å². The molecule has 1 aliphatic heterocycles. The van der Waals surface area contributed by atoms with E-state index in [0.717, 1.165) is 62.3 Å². The Balaban J connectivity index is 1.53. The smallest absolute Gasteiger partial charge is 0.222 e.